The van der Waals surface area contributed by atoms with Crippen LogP contribution >= 0.6 is 0 Å². The van der Waals surface area contributed by atoms with Crippen molar-refractivity contribution >= 4 is 11.9 Å². The lowest BCUT2D eigenvalue weighted by atomic mass is 10.2. The molecule has 1 rings (SSSR count). The summed E-state index contributed by atoms with van der Waals surface area (Å²) in [4.78, 5) is 23.2. The summed E-state index contributed by atoms with van der Waals surface area (Å²) in [5.41, 5.74) is 7.01. The van der Waals surface area contributed by atoms with Crippen LogP contribution in [-0.4, -0.2) is 42.6 Å². The Morgan fingerprint density at radius 3 is 2.77 bits per heavy atom. The molecule has 1 heterocycles. The molecule has 0 saturated carbocycles. The molecule has 1 saturated heterocycles. The predicted octanol–water partition coefficient (Wildman–Crippen LogP) is -2.24. The highest BCUT2D eigenvalue weighted by atomic mass is 16.5. The number of urea groups is 1. The van der Waals surface area contributed by atoms with E-state index in [9.17, 15) is 9.59 Å². The molecule has 0 aromatic rings. The highest BCUT2D eigenvalue weighted by Gasteiger charge is 2.30. The Balaban J connectivity index is 2.67. The maximum Gasteiger partial charge on any atom is 0.332 e. The predicted molar refractivity (Wildman–Crippen MR) is 43.2 cm³/mol. The second kappa shape index (κ2) is 4.06. The third-order valence-electron chi connectivity index (χ3n) is 1.84. The zero-order valence-electron chi connectivity index (χ0n) is 7.03. The fourth-order valence-corrected chi connectivity index (χ4v) is 1.17. The first-order chi connectivity index (χ1) is 6.16. The van der Waals surface area contributed by atoms with Crippen LogP contribution in [0.1, 0.15) is 0 Å². The van der Waals surface area contributed by atoms with Crippen molar-refractivity contribution in [3.05, 3.63) is 0 Å². The van der Waals surface area contributed by atoms with E-state index in [0.717, 1.165) is 0 Å². The van der Waals surface area contributed by atoms with Gasteiger partial charge in [0.15, 0.2) is 0 Å². The largest absolute Gasteiger partial charge is 0.377 e. The summed E-state index contributed by atoms with van der Waals surface area (Å²) in [6, 6.07) is -1.25. The summed E-state index contributed by atoms with van der Waals surface area (Å²) in [7, 11) is 0. The number of amides is 3. The van der Waals surface area contributed by atoms with Gasteiger partial charge in [-0.1, -0.05) is 0 Å². The Morgan fingerprint density at radius 2 is 2.23 bits per heavy atom. The molecule has 0 radical (unpaired) electrons. The van der Waals surface area contributed by atoms with Crippen LogP contribution in [0.2, 0.25) is 0 Å². The number of nitrogens with one attached hydrogen (secondary N) is 1. The Kier molecular flexibility index (Phi) is 3.04. The lowest BCUT2D eigenvalue weighted by Gasteiger charge is -2.32. The number of nitrogens with two attached hydrogens (primary N) is 2. The first kappa shape index (κ1) is 9.75. The van der Waals surface area contributed by atoms with Gasteiger partial charge in [-0.15, -0.1) is 0 Å². The van der Waals surface area contributed by atoms with E-state index in [1.165, 1.54) is 4.90 Å². The average molecular weight is 188 g/mol. The van der Waals surface area contributed by atoms with E-state index >= 15 is 0 Å². The second-order valence-electron chi connectivity index (χ2n) is 2.64. The molecule has 7 heteroatoms. The van der Waals surface area contributed by atoms with Gasteiger partial charge in [-0.2, -0.15) is 0 Å². The molecule has 1 fully saturated rings. The van der Waals surface area contributed by atoms with Crippen LogP contribution < -0.4 is 17.0 Å². The zero-order valence-corrected chi connectivity index (χ0v) is 7.03. The summed E-state index contributed by atoms with van der Waals surface area (Å²) in [6.45, 7) is 0.830. The Bertz CT molecular complexity index is 220. The summed E-state index contributed by atoms with van der Waals surface area (Å²) in [5.74, 6) is 4.34. The normalized spacial score (nSPS) is 22.5. The molecular weight excluding hydrogens is 176 g/mol. The van der Waals surface area contributed by atoms with Crippen molar-refractivity contribution in [3.63, 3.8) is 0 Å². The van der Waals surface area contributed by atoms with Crippen LogP contribution in [0.5, 0.6) is 0 Å². The number of nitrogens with zero attached hydrogens (tertiary/aromatic N) is 1. The van der Waals surface area contributed by atoms with Crippen molar-refractivity contribution in [2.75, 3.05) is 19.8 Å². The maximum atomic E-state index is 11.1. The fourth-order valence-electron chi connectivity index (χ4n) is 1.17. The van der Waals surface area contributed by atoms with Crippen LogP contribution in [0.4, 0.5) is 4.79 Å². The molecular formula is C6H12N4O3. The third kappa shape index (κ3) is 2.07. The number of rotatable bonds is 1. The van der Waals surface area contributed by atoms with Crippen molar-refractivity contribution < 1.29 is 14.3 Å². The topological polar surface area (TPSA) is 111 Å². The molecule has 0 aliphatic carbocycles. The summed E-state index contributed by atoms with van der Waals surface area (Å²) in [5, 5.41) is 0. The van der Waals surface area contributed by atoms with Crippen LogP contribution in [0.3, 0.4) is 0 Å². The lowest BCUT2D eigenvalue weighted by Crippen LogP contribution is -2.58. The molecule has 5 N–H and O–H groups in total. The van der Waals surface area contributed by atoms with E-state index in [1.54, 1.807) is 0 Å². The van der Waals surface area contributed by atoms with E-state index in [2.05, 4.69) is 0 Å². The molecule has 1 unspecified atom stereocenters. The number of hydrazine groups is 1. The van der Waals surface area contributed by atoms with E-state index < -0.39 is 18.0 Å². The van der Waals surface area contributed by atoms with E-state index in [4.69, 9.17) is 16.3 Å². The molecule has 1 aliphatic rings. The monoisotopic (exact) mass is 188 g/mol. The lowest BCUT2D eigenvalue weighted by molar-refractivity contribution is -0.127. The van der Waals surface area contributed by atoms with Crippen LogP contribution in [-0.2, 0) is 9.53 Å². The first-order valence-corrected chi connectivity index (χ1v) is 3.81. The zero-order chi connectivity index (χ0) is 9.84. The minimum Gasteiger partial charge on any atom is -0.377 e. The Hall–Kier alpha value is -1.34. The van der Waals surface area contributed by atoms with Crippen LogP contribution in [0, 0.1) is 0 Å². The van der Waals surface area contributed by atoms with Crippen LogP contribution in [0.15, 0.2) is 0 Å². The number of hydrogen-bond donors (Lipinski definition) is 3. The molecule has 3 amide bonds. The summed E-state index contributed by atoms with van der Waals surface area (Å²) in [6.07, 6.45) is 0. The molecule has 7 nitrogen and oxygen atoms in total. The molecule has 13 heavy (non-hydrogen) atoms. The van der Waals surface area contributed by atoms with Crippen molar-refractivity contribution in [3.8, 4) is 0 Å². The quantitative estimate of drug-likeness (QED) is 0.245. The van der Waals surface area contributed by atoms with Gasteiger partial charge >= 0.3 is 6.03 Å². The average Bonchev–Trinajstić information content (AvgIpc) is 2.16. The van der Waals surface area contributed by atoms with Crippen molar-refractivity contribution in [2.24, 2.45) is 11.6 Å². The second-order valence-corrected chi connectivity index (χ2v) is 2.64. The number of carbonyl (C=O) groups is 2. The standard InChI is InChI=1S/C6H12N4O3/c7-5(11)4-3-13-2-1-10(4)6(12)9-8/h4H,1-3,8H2,(H2,7,11)(H,9,12). The molecule has 1 aliphatic heterocycles. The number of carbonyl (C=O) groups excluding carboxylic acids is 2. The Labute approximate surface area is 75.0 Å². The maximum absolute atomic E-state index is 11.1. The van der Waals surface area contributed by atoms with Gasteiger partial charge in [0.2, 0.25) is 5.91 Å². The van der Waals surface area contributed by atoms with E-state index in [1.807, 2.05) is 5.43 Å². The third-order valence-corrected chi connectivity index (χ3v) is 1.84. The number of ether oxygens (including phenoxy) is 1. The highest BCUT2D eigenvalue weighted by molar-refractivity contribution is 5.86. The molecule has 74 valence electrons. The van der Waals surface area contributed by atoms with Gasteiger partial charge in [0, 0.05) is 6.54 Å². The van der Waals surface area contributed by atoms with Gasteiger partial charge in [0.1, 0.15) is 6.04 Å². The van der Waals surface area contributed by atoms with Gasteiger partial charge < -0.3 is 15.4 Å². The first-order valence-electron chi connectivity index (χ1n) is 3.81. The van der Waals surface area contributed by atoms with Gasteiger partial charge in [-0.3, -0.25) is 10.2 Å². The highest BCUT2D eigenvalue weighted by Crippen LogP contribution is 2.05. The molecule has 0 aromatic carbocycles. The minimum atomic E-state index is -0.725. The minimum absolute atomic E-state index is 0.128. The summed E-state index contributed by atoms with van der Waals surface area (Å²) < 4.78 is 5.00. The van der Waals surface area contributed by atoms with Crippen molar-refractivity contribution in [2.45, 2.75) is 6.04 Å². The van der Waals surface area contributed by atoms with Gasteiger partial charge in [-0.05, 0) is 0 Å². The fraction of sp³-hybridized carbons (Fsp3) is 0.667. The number of primary amides is 1. The van der Waals surface area contributed by atoms with E-state index in [-0.39, 0.29) is 6.61 Å². The van der Waals surface area contributed by atoms with Crippen molar-refractivity contribution in [1.82, 2.24) is 10.3 Å². The molecule has 0 aromatic heterocycles. The summed E-state index contributed by atoms with van der Waals surface area (Å²) >= 11 is 0. The van der Waals surface area contributed by atoms with Gasteiger partial charge in [-0.25, -0.2) is 10.6 Å². The van der Waals surface area contributed by atoms with E-state index in [0.29, 0.717) is 13.2 Å². The van der Waals surface area contributed by atoms with Crippen molar-refractivity contribution in [1.29, 1.82) is 0 Å². The van der Waals surface area contributed by atoms with Gasteiger partial charge in [0.05, 0.1) is 13.2 Å². The van der Waals surface area contributed by atoms with Gasteiger partial charge in [0.25, 0.3) is 0 Å². The molecule has 1 atom stereocenters. The Morgan fingerprint density at radius 1 is 1.54 bits per heavy atom. The molecule has 0 bridgehead atoms. The number of hydrogen-bond acceptors (Lipinski definition) is 4. The number of morpholine rings is 1. The molecule has 0 spiro atoms. The smallest absolute Gasteiger partial charge is 0.332 e. The SMILES string of the molecule is NNC(=O)N1CCOCC1C(N)=O. The van der Waals surface area contributed by atoms with Crippen LogP contribution in [0.25, 0.3) is 0 Å².